The number of ketones is 1. The smallest absolute Gasteiger partial charge is 0.203 e. The summed E-state index contributed by atoms with van der Waals surface area (Å²) in [6.07, 6.45) is 1.51. The summed E-state index contributed by atoms with van der Waals surface area (Å²) in [4.78, 5) is 15.5. The van der Waals surface area contributed by atoms with Crippen LogP contribution in [0.1, 0.15) is 10.4 Å². The van der Waals surface area contributed by atoms with Crippen LogP contribution in [0.25, 0.3) is 0 Å². The lowest BCUT2D eigenvalue weighted by Gasteiger charge is -2.06. The van der Waals surface area contributed by atoms with E-state index in [-0.39, 0.29) is 17.3 Å². The van der Waals surface area contributed by atoms with Gasteiger partial charge in [0.15, 0.2) is 17.5 Å². The first-order valence-corrected chi connectivity index (χ1v) is 5.57. The van der Waals surface area contributed by atoms with Gasteiger partial charge in [-0.1, -0.05) is 23.7 Å². The Balaban J connectivity index is 2.06. The Morgan fingerprint density at radius 1 is 1.28 bits per heavy atom. The second-order valence-electron chi connectivity index (χ2n) is 3.48. The van der Waals surface area contributed by atoms with Crippen molar-refractivity contribution in [1.82, 2.24) is 4.98 Å². The molecular formula is C13H9ClFNO2. The number of rotatable bonds is 4. The summed E-state index contributed by atoms with van der Waals surface area (Å²) < 4.78 is 18.5. The molecule has 0 aliphatic rings. The monoisotopic (exact) mass is 265 g/mol. The number of aromatic nitrogens is 1. The zero-order valence-electron chi connectivity index (χ0n) is 9.27. The highest BCUT2D eigenvalue weighted by Gasteiger charge is 2.12. The van der Waals surface area contributed by atoms with Gasteiger partial charge in [0.25, 0.3) is 0 Å². The molecule has 0 saturated carbocycles. The maximum absolute atomic E-state index is 13.3. The fraction of sp³-hybridized carbons (Fsp3) is 0.0769. The van der Waals surface area contributed by atoms with Crippen LogP contribution in [-0.4, -0.2) is 17.4 Å². The first kappa shape index (κ1) is 12.5. The maximum Gasteiger partial charge on any atom is 0.203 e. The van der Waals surface area contributed by atoms with Gasteiger partial charge in [-0.25, -0.2) is 9.37 Å². The zero-order chi connectivity index (χ0) is 13.0. The van der Waals surface area contributed by atoms with Crippen LogP contribution in [0.2, 0.25) is 5.15 Å². The number of ether oxygens (including phenoxy) is 1. The van der Waals surface area contributed by atoms with Crippen LogP contribution < -0.4 is 4.74 Å². The first-order chi connectivity index (χ1) is 8.68. The fourth-order valence-electron chi connectivity index (χ4n) is 1.39. The van der Waals surface area contributed by atoms with Gasteiger partial charge in [-0.3, -0.25) is 4.79 Å². The molecule has 1 heterocycles. The van der Waals surface area contributed by atoms with E-state index in [0.717, 1.165) is 0 Å². The summed E-state index contributed by atoms with van der Waals surface area (Å²) >= 11 is 5.76. The van der Waals surface area contributed by atoms with Crippen molar-refractivity contribution in [3.8, 4) is 5.75 Å². The van der Waals surface area contributed by atoms with Crippen molar-refractivity contribution in [2.45, 2.75) is 0 Å². The number of carbonyl (C=O) groups excluding carboxylic acids is 1. The Morgan fingerprint density at radius 3 is 2.78 bits per heavy atom. The van der Waals surface area contributed by atoms with Crippen LogP contribution >= 0.6 is 11.6 Å². The third-order valence-electron chi connectivity index (χ3n) is 2.26. The molecule has 2 rings (SSSR count). The van der Waals surface area contributed by atoms with Crippen molar-refractivity contribution < 1.29 is 13.9 Å². The third kappa shape index (κ3) is 2.84. The maximum atomic E-state index is 13.3. The molecule has 18 heavy (non-hydrogen) atoms. The van der Waals surface area contributed by atoms with E-state index in [1.54, 1.807) is 18.2 Å². The molecule has 0 aliphatic heterocycles. The zero-order valence-corrected chi connectivity index (χ0v) is 10.0. The summed E-state index contributed by atoms with van der Waals surface area (Å²) in [5.41, 5.74) is -0.00230. The highest BCUT2D eigenvalue weighted by molar-refractivity contribution is 6.30. The van der Waals surface area contributed by atoms with Crippen molar-refractivity contribution in [3.63, 3.8) is 0 Å². The van der Waals surface area contributed by atoms with E-state index in [2.05, 4.69) is 4.98 Å². The molecule has 1 aromatic carbocycles. The summed E-state index contributed by atoms with van der Waals surface area (Å²) in [5.74, 6) is -0.722. The summed E-state index contributed by atoms with van der Waals surface area (Å²) in [6.45, 7) is -0.285. The molecule has 0 radical (unpaired) electrons. The van der Waals surface area contributed by atoms with Crippen molar-refractivity contribution in [2.24, 2.45) is 0 Å². The van der Waals surface area contributed by atoms with Gasteiger partial charge in [0.2, 0.25) is 5.78 Å². The minimum atomic E-state index is -0.566. The molecule has 0 amide bonds. The molecule has 5 heteroatoms. The molecule has 0 N–H and O–H groups in total. The lowest BCUT2D eigenvalue weighted by molar-refractivity contribution is 0.0917. The van der Waals surface area contributed by atoms with Gasteiger partial charge >= 0.3 is 0 Å². The molecule has 1 aromatic heterocycles. The number of nitrogens with zero attached hydrogens (tertiary/aromatic N) is 1. The Morgan fingerprint density at radius 2 is 2.06 bits per heavy atom. The van der Waals surface area contributed by atoms with Gasteiger partial charge in [0.05, 0.1) is 5.56 Å². The van der Waals surface area contributed by atoms with Gasteiger partial charge in [0, 0.05) is 6.20 Å². The molecular weight excluding hydrogens is 257 g/mol. The summed E-state index contributed by atoms with van der Waals surface area (Å²) in [6, 6.07) is 8.97. The van der Waals surface area contributed by atoms with Crippen LogP contribution in [0.4, 0.5) is 4.39 Å². The van der Waals surface area contributed by atoms with Crippen LogP contribution in [0.5, 0.6) is 5.75 Å². The molecule has 2 aromatic rings. The minimum Gasteiger partial charge on any atom is -0.482 e. The molecule has 0 aliphatic carbocycles. The predicted octanol–water partition coefficient (Wildman–Crippen LogP) is 3.14. The topological polar surface area (TPSA) is 39.2 Å². The van der Waals surface area contributed by atoms with E-state index in [9.17, 15) is 9.18 Å². The molecule has 0 saturated heterocycles. The van der Waals surface area contributed by atoms with Gasteiger partial charge in [-0.2, -0.15) is 0 Å². The highest BCUT2D eigenvalue weighted by Crippen LogP contribution is 2.20. The number of halogens is 2. The normalized spacial score (nSPS) is 10.1. The van der Waals surface area contributed by atoms with E-state index < -0.39 is 11.6 Å². The largest absolute Gasteiger partial charge is 0.482 e. The Hall–Kier alpha value is -1.94. The number of Topliss-reactive ketones (excluding diaryl/α,β-unsaturated/α-hetero) is 1. The molecule has 0 fully saturated rings. The lowest BCUT2D eigenvalue weighted by atomic mass is 10.1. The fourth-order valence-corrected chi connectivity index (χ4v) is 1.56. The number of carbonyl (C=O) groups is 1. The molecule has 0 atom stereocenters. The number of benzene rings is 1. The standard InChI is InChI=1S/C13H9ClFNO2/c14-13-12(6-3-7-16-13)18-8-11(17)9-4-1-2-5-10(9)15/h1-7H,8H2. The van der Waals surface area contributed by atoms with Gasteiger partial charge in [-0.05, 0) is 24.3 Å². The molecule has 92 valence electrons. The van der Waals surface area contributed by atoms with E-state index in [0.29, 0.717) is 5.75 Å². The van der Waals surface area contributed by atoms with Crippen molar-refractivity contribution in [3.05, 3.63) is 59.1 Å². The molecule has 0 spiro atoms. The molecule has 0 bridgehead atoms. The third-order valence-corrected chi connectivity index (χ3v) is 2.54. The Kier molecular flexibility index (Phi) is 3.89. The van der Waals surface area contributed by atoms with Crippen LogP contribution in [0.3, 0.4) is 0 Å². The van der Waals surface area contributed by atoms with Crippen molar-refractivity contribution in [1.29, 1.82) is 0 Å². The second-order valence-corrected chi connectivity index (χ2v) is 3.84. The van der Waals surface area contributed by atoms with Crippen molar-refractivity contribution >= 4 is 17.4 Å². The quantitative estimate of drug-likeness (QED) is 0.630. The molecule has 0 unspecified atom stereocenters. The number of pyridine rings is 1. The molecule has 3 nitrogen and oxygen atoms in total. The first-order valence-electron chi connectivity index (χ1n) is 5.19. The second kappa shape index (κ2) is 5.60. The van der Waals surface area contributed by atoms with E-state index in [4.69, 9.17) is 16.3 Å². The van der Waals surface area contributed by atoms with E-state index in [1.807, 2.05) is 0 Å². The SMILES string of the molecule is O=C(COc1cccnc1Cl)c1ccccc1F. The van der Waals surface area contributed by atoms with Gasteiger partial charge < -0.3 is 4.74 Å². The average molecular weight is 266 g/mol. The Bertz CT molecular complexity index is 574. The number of hydrogen-bond acceptors (Lipinski definition) is 3. The van der Waals surface area contributed by atoms with Crippen molar-refractivity contribution in [2.75, 3.05) is 6.61 Å². The van der Waals surface area contributed by atoms with Gasteiger partial charge in [0.1, 0.15) is 5.82 Å². The summed E-state index contributed by atoms with van der Waals surface area (Å²) in [5, 5.41) is 0.166. The minimum absolute atomic E-state index is 0.00230. The van der Waals surface area contributed by atoms with Crippen LogP contribution in [-0.2, 0) is 0 Å². The Labute approximate surface area is 108 Å². The van der Waals surface area contributed by atoms with E-state index >= 15 is 0 Å². The van der Waals surface area contributed by atoms with Gasteiger partial charge in [-0.15, -0.1) is 0 Å². The van der Waals surface area contributed by atoms with Crippen LogP contribution in [0.15, 0.2) is 42.6 Å². The highest BCUT2D eigenvalue weighted by atomic mass is 35.5. The lowest BCUT2D eigenvalue weighted by Crippen LogP contribution is -2.13. The van der Waals surface area contributed by atoms with E-state index in [1.165, 1.54) is 24.4 Å². The van der Waals surface area contributed by atoms with Crippen LogP contribution in [0, 0.1) is 5.82 Å². The summed E-state index contributed by atoms with van der Waals surface area (Å²) in [7, 11) is 0. The number of hydrogen-bond donors (Lipinski definition) is 0. The predicted molar refractivity (Wildman–Crippen MR) is 65.5 cm³/mol. The average Bonchev–Trinajstić information content (AvgIpc) is 2.38.